The maximum atomic E-state index is 13.2. The summed E-state index contributed by atoms with van der Waals surface area (Å²) >= 11 is 0. The van der Waals surface area contributed by atoms with Gasteiger partial charge in [-0.25, -0.2) is 4.39 Å². The number of anilines is 1. The Labute approximate surface area is 167 Å². The third kappa shape index (κ3) is 3.37. The van der Waals surface area contributed by atoms with E-state index in [4.69, 9.17) is 4.74 Å². The molecule has 2 heterocycles. The van der Waals surface area contributed by atoms with E-state index in [-0.39, 0.29) is 31.4 Å². The van der Waals surface area contributed by atoms with Crippen LogP contribution < -0.4 is 4.90 Å². The van der Waals surface area contributed by atoms with Crippen molar-refractivity contribution < 1.29 is 23.5 Å². The van der Waals surface area contributed by atoms with Gasteiger partial charge in [0, 0.05) is 13.0 Å². The Kier molecular flexibility index (Phi) is 4.82. The molecule has 2 aromatic carbocycles. The average molecular weight is 396 g/mol. The van der Waals surface area contributed by atoms with Crippen LogP contribution in [0.1, 0.15) is 42.1 Å². The van der Waals surface area contributed by atoms with Gasteiger partial charge in [-0.2, -0.15) is 0 Å². The Balaban J connectivity index is 1.47. The molecular weight excluding hydrogens is 375 g/mol. The van der Waals surface area contributed by atoms with Crippen LogP contribution in [0.25, 0.3) is 0 Å². The predicted octanol–water partition coefficient (Wildman–Crippen LogP) is 3.26. The van der Waals surface area contributed by atoms with Crippen LogP contribution in [-0.2, 0) is 20.9 Å². The van der Waals surface area contributed by atoms with Gasteiger partial charge in [-0.1, -0.05) is 24.3 Å². The lowest BCUT2D eigenvalue weighted by Crippen LogP contribution is -2.62. The van der Waals surface area contributed by atoms with E-state index >= 15 is 0 Å². The summed E-state index contributed by atoms with van der Waals surface area (Å²) in [5, 5.41) is 0. The monoisotopic (exact) mass is 396 g/mol. The summed E-state index contributed by atoms with van der Waals surface area (Å²) in [6.45, 7) is 1.95. The van der Waals surface area contributed by atoms with Gasteiger partial charge in [0.15, 0.2) is 0 Å². The van der Waals surface area contributed by atoms with Gasteiger partial charge in [0.05, 0.1) is 17.7 Å². The van der Waals surface area contributed by atoms with Crippen molar-refractivity contribution in [3.8, 4) is 0 Å². The first-order chi connectivity index (χ1) is 13.9. The number of hydrogen-bond donors (Lipinski definition) is 0. The third-order valence-electron chi connectivity index (χ3n) is 5.57. The van der Waals surface area contributed by atoms with Crippen molar-refractivity contribution in [1.29, 1.82) is 0 Å². The van der Waals surface area contributed by atoms with Crippen LogP contribution >= 0.6 is 0 Å². The largest absolute Gasteiger partial charge is 0.461 e. The van der Waals surface area contributed by atoms with E-state index in [9.17, 15) is 18.8 Å². The number of esters is 1. The SMILES string of the molecule is CC12CCC(=O)N1c1ccccc1C(=O)N2CCC(=O)OCc1cccc(F)c1. The summed E-state index contributed by atoms with van der Waals surface area (Å²) in [6, 6.07) is 12.9. The first-order valence-corrected chi connectivity index (χ1v) is 9.54. The van der Waals surface area contributed by atoms with Crippen molar-refractivity contribution in [3.63, 3.8) is 0 Å². The summed E-state index contributed by atoms with van der Waals surface area (Å²) < 4.78 is 18.4. The maximum Gasteiger partial charge on any atom is 0.307 e. The molecule has 1 fully saturated rings. The van der Waals surface area contributed by atoms with Gasteiger partial charge < -0.3 is 9.64 Å². The minimum absolute atomic E-state index is 0.0131. The van der Waals surface area contributed by atoms with E-state index in [0.29, 0.717) is 29.7 Å². The molecule has 4 rings (SSSR count). The average Bonchev–Trinajstić information content (AvgIpc) is 3.01. The molecule has 2 aromatic rings. The van der Waals surface area contributed by atoms with E-state index in [1.54, 1.807) is 46.2 Å². The van der Waals surface area contributed by atoms with Crippen molar-refractivity contribution in [2.45, 2.75) is 38.5 Å². The molecule has 1 atom stereocenters. The van der Waals surface area contributed by atoms with Gasteiger partial charge in [-0.15, -0.1) is 0 Å². The van der Waals surface area contributed by atoms with Crippen LogP contribution in [0.5, 0.6) is 0 Å². The van der Waals surface area contributed by atoms with Crippen LogP contribution in [0.2, 0.25) is 0 Å². The van der Waals surface area contributed by atoms with Crippen LogP contribution in [0.4, 0.5) is 10.1 Å². The Morgan fingerprint density at radius 1 is 1.17 bits per heavy atom. The Hall–Kier alpha value is -3.22. The van der Waals surface area contributed by atoms with E-state index < -0.39 is 17.4 Å². The number of fused-ring (bicyclic) bond motifs is 3. The molecule has 1 unspecified atom stereocenters. The number of hydrogen-bond acceptors (Lipinski definition) is 4. The summed E-state index contributed by atoms with van der Waals surface area (Å²) in [4.78, 5) is 41.1. The quantitative estimate of drug-likeness (QED) is 0.728. The first kappa shape index (κ1) is 19.1. The summed E-state index contributed by atoms with van der Waals surface area (Å²) in [5.74, 6) is -1.12. The van der Waals surface area contributed by atoms with Gasteiger partial charge in [-0.3, -0.25) is 19.3 Å². The second kappa shape index (κ2) is 7.31. The zero-order valence-corrected chi connectivity index (χ0v) is 16.1. The predicted molar refractivity (Wildman–Crippen MR) is 103 cm³/mol. The van der Waals surface area contributed by atoms with Gasteiger partial charge in [-0.05, 0) is 43.2 Å². The topological polar surface area (TPSA) is 66.9 Å². The van der Waals surface area contributed by atoms with E-state index in [0.717, 1.165) is 0 Å². The van der Waals surface area contributed by atoms with Crippen LogP contribution in [0.3, 0.4) is 0 Å². The highest BCUT2D eigenvalue weighted by Crippen LogP contribution is 2.43. The minimum Gasteiger partial charge on any atom is -0.461 e. The standard InChI is InChI=1S/C22H21FN2O4/c1-22-11-9-19(26)25(22)18-8-3-2-7-17(18)21(28)24(22)12-10-20(27)29-14-15-5-4-6-16(23)13-15/h2-8,13H,9-12,14H2,1H3. The van der Waals surface area contributed by atoms with E-state index in [1.165, 1.54) is 12.1 Å². The van der Waals surface area contributed by atoms with Crippen LogP contribution in [0.15, 0.2) is 48.5 Å². The molecule has 150 valence electrons. The Morgan fingerprint density at radius 2 is 1.97 bits per heavy atom. The molecule has 0 aromatic heterocycles. The van der Waals surface area contributed by atoms with Crippen molar-refractivity contribution in [2.75, 3.05) is 11.4 Å². The van der Waals surface area contributed by atoms with Gasteiger partial charge in [0.25, 0.3) is 5.91 Å². The molecule has 0 spiro atoms. The molecule has 0 N–H and O–H groups in total. The zero-order valence-electron chi connectivity index (χ0n) is 16.1. The maximum absolute atomic E-state index is 13.2. The van der Waals surface area contributed by atoms with E-state index in [1.807, 2.05) is 6.92 Å². The highest BCUT2D eigenvalue weighted by Gasteiger charge is 2.52. The smallest absolute Gasteiger partial charge is 0.307 e. The molecule has 2 aliphatic heterocycles. The van der Waals surface area contributed by atoms with Crippen molar-refractivity contribution in [3.05, 3.63) is 65.5 Å². The second-order valence-corrected chi connectivity index (χ2v) is 7.46. The molecule has 7 heteroatoms. The number of ether oxygens (including phenoxy) is 1. The molecule has 0 saturated carbocycles. The Bertz CT molecular complexity index is 992. The molecule has 2 amide bonds. The fourth-order valence-electron chi connectivity index (χ4n) is 4.11. The summed E-state index contributed by atoms with van der Waals surface area (Å²) in [6.07, 6.45) is 0.837. The highest BCUT2D eigenvalue weighted by atomic mass is 19.1. The molecular formula is C22H21FN2O4. The molecule has 29 heavy (non-hydrogen) atoms. The number of nitrogens with zero attached hydrogens (tertiary/aromatic N) is 2. The molecule has 1 saturated heterocycles. The highest BCUT2D eigenvalue weighted by molar-refractivity contribution is 6.10. The zero-order chi connectivity index (χ0) is 20.6. The fourth-order valence-corrected chi connectivity index (χ4v) is 4.11. The lowest BCUT2D eigenvalue weighted by molar-refractivity contribution is -0.145. The summed E-state index contributed by atoms with van der Waals surface area (Å²) in [7, 11) is 0. The number of carbonyl (C=O) groups excluding carboxylic acids is 3. The normalized spacial score (nSPS) is 20.5. The number of halogens is 1. The lowest BCUT2D eigenvalue weighted by Gasteiger charge is -2.48. The number of amides is 2. The van der Waals surface area contributed by atoms with Crippen LogP contribution in [-0.4, -0.2) is 34.9 Å². The number of rotatable bonds is 5. The second-order valence-electron chi connectivity index (χ2n) is 7.46. The molecule has 0 aliphatic carbocycles. The lowest BCUT2D eigenvalue weighted by atomic mass is 9.98. The van der Waals surface area contributed by atoms with Gasteiger partial charge >= 0.3 is 5.97 Å². The first-order valence-electron chi connectivity index (χ1n) is 9.54. The molecule has 2 aliphatic rings. The third-order valence-corrected chi connectivity index (χ3v) is 5.57. The summed E-state index contributed by atoms with van der Waals surface area (Å²) in [5.41, 5.74) is 0.826. The number of carbonyl (C=O) groups is 3. The number of para-hydroxylation sites is 1. The molecule has 6 nitrogen and oxygen atoms in total. The number of benzene rings is 2. The van der Waals surface area contributed by atoms with Crippen molar-refractivity contribution in [2.24, 2.45) is 0 Å². The molecule has 0 radical (unpaired) electrons. The van der Waals surface area contributed by atoms with E-state index in [2.05, 4.69) is 0 Å². The van der Waals surface area contributed by atoms with Crippen LogP contribution in [0, 0.1) is 5.82 Å². The van der Waals surface area contributed by atoms with Gasteiger partial charge in [0.1, 0.15) is 18.1 Å². The van der Waals surface area contributed by atoms with Crippen molar-refractivity contribution in [1.82, 2.24) is 4.90 Å². The van der Waals surface area contributed by atoms with Gasteiger partial charge in [0.2, 0.25) is 5.91 Å². The fraction of sp³-hybridized carbons (Fsp3) is 0.318. The molecule has 0 bridgehead atoms. The minimum atomic E-state index is -0.800. The van der Waals surface area contributed by atoms with Crippen molar-refractivity contribution >= 4 is 23.5 Å². The Morgan fingerprint density at radius 3 is 2.76 bits per heavy atom.